The predicted molar refractivity (Wildman–Crippen MR) is 53.8 cm³/mol. The second-order valence-corrected chi connectivity index (χ2v) is 3.09. The molecule has 0 aromatic carbocycles. The molecule has 0 unspecified atom stereocenters. The Labute approximate surface area is 75.7 Å². The summed E-state index contributed by atoms with van der Waals surface area (Å²) in [5.41, 5.74) is 0. The monoisotopic (exact) mass is 161 g/mol. The molecule has 0 amide bonds. The molecule has 0 aliphatic heterocycles. The van der Waals surface area contributed by atoms with Crippen molar-refractivity contribution in [2.75, 3.05) is 0 Å². The molecule has 1 aliphatic rings. The van der Waals surface area contributed by atoms with Crippen molar-refractivity contribution in [3.05, 3.63) is 36.5 Å². The highest BCUT2D eigenvalue weighted by Crippen LogP contribution is 2.04. The van der Waals surface area contributed by atoms with Crippen LogP contribution in [0.3, 0.4) is 0 Å². The summed E-state index contributed by atoms with van der Waals surface area (Å²) >= 11 is 0. The minimum absolute atomic E-state index is 1.11. The van der Waals surface area contributed by atoms with Gasteiger partial charge >= 0.3 is 0 Å². The van der Waals surface area contributed by atoms with Gasteiger partial charge in [0, 0.05) is 0 Å². The molecule has 1 radical (unpaired) electrons. The van der Waals surface area contributed by atoms with E-state index in [0.717, 1.165) is 12.8 Å². The van der Waals surface area contributed by atoms with Gasteiger partial charge in [-0.25, -0.2) is 0 Å². The average molecular weight is 161 g/mol. The second kappa shape index (κ2) is 6.90. The van der Waals surface area contributed by atoms with E-state index in [2.05, 4.69) is 30.4 Å². The quantitative estimate of drug-likeness (QED) is 0.474. The van der Waals surface area contributed by atoms with E-state index in [1.807, 2.05) is 6.08 Å². The van der Waals surface area contributed by atoms with E-state index < -0.39 is 0 Å². The lowest BCUT2D eigenvalue weighted by Gasteiger charge is -1.93. The van der Waals surface area contributed by atoms with Gasteiger partial charge in [0.25, 0.3) is 0 Å². The Balaban J connectivity index is 2.31. The molecule has 1 rings (SSSR count). The molecule has 0 heteroatoms. The molecule has 0 aromatic rings. The molecular formula is C12H17. The van der Waals surface area contributed by atoms with Crippen LogP contribution in [0.1, 0.15) is 38.5 Å². The first kappa shape index (κ1) is 9.31. The van der Waals surface area contributed by atoms with Gasteiger partial charge in [-0.15, -0.1) is 0 Å². The number of hydrogen-bond donors (Lipinski definition) is 0. The number of allylic oxidation sites excluding steroid dienone is 6. The predicted octanol–water partition coefficient (Wildman–Crippen LogP) is 3.81. The molecule has 0 nitrogen and oxygen atoms in total. The van der Waals surface area contributed by atoms with E-state index in [1.165, 1.54) is 25.7 Å². The van der Waals surface area contributed by atoms with Gasteiger partial charge in [-0.05, 0) is 44.6 Å². The summed E-state index contributed by atoms with van der Waals surface area (Å²) in [6, 6.07) is 0. The fourth-order valence-electron chi connectivity index (χ4n) is 1.23. The van der Waals surface area contributed by atoms with E-state index >= 15 is 0 Å². The van der Waals surface area contributed by atoms with Crippen molar-refractivity contribution in [1.82, 2.24) is 0 Å². The Morgan fingerprint density at radius 1 is 0.833 bits per heavy atom. The highest BCUT2D eigenvalue weighted by atomic mass is 13.9. The third-order valence-electron chi connectivity index (χ3n) is 1.96. The molecule has 0 heterocycles. The van der Waals surface area contributed by atoms with Gasteiger partial charge in [0.1, 0.15) is 0 Å². The fourth-order valence-corrected chi connectivity index (χ4v) is 1.23. The Morgan fingerprint density at radius 2 is 1.67 bits per heavy atom. The van der Waals surface area contributed by atoms with Crippen LogP contribution >= 0.6 is 0 Å². The number of hydrogen-bond acceptors (Lipinski definition) is 0. The summed E-state index contributed by atoms with van der Waals surface area (Å²) in [5, 5.41) is 0. The maximum Gasteiger partial charge on any atom is -0.0276 e. The van der Waals surface area contributed by atoms with E-state index in [4.69, 9.17) is 0 Å². The zero-order valence-corrected chi connectivity index (χ0v) is 7.63. The lowest BCUT2D eigenvalue weighted by Crippen LogP contribution is -1.74. The molecule has 0 saturated carbocycles. The van der Waals surface area contributed by atoms with Crippen LogP contribution in [0.2, 0.25) is 0 Å². The van der Waals surface area contributed by atoms with Crippen LogP contribution in [0.5, 0.6) is 0 Å². The van der Waals surface area contributed by atoms with Gasteiger partial charge in [0.2, 0.25) is 0 Å². The first-order valence-corrected chi connectivity index (χ1v) is 4.87. The van der Waals surface area contributed by atoms with Crippen molar-refractivity contribution in [2.24, 2.45) is 0 Å². The Morgan fingerprint density at radius 3 is 2.67 bits per heavy atom. The summed E-state index contributed by atoms with van der Waals surface area (Å²) in [6.07, 6.45) is 21.5. The van der Waals surface area contributed by atoms with Crippen LogP contribution in [0, 0.1) is 6.08 Å². The van der Waals surface area contributed by atoms with Gasteiger partial charge in [0.05, 0.1) is 0 Å². The van der Waals surface area contributed by atoms with Crippen molar-refractivity contribution in [1.29, 1.82) is 0 Å². The lowest BCUT2D eigenvalue weighted by atomic mass is 10.1. The molecule has 65 valence electrons. The third-order valence-corrected chi connectivity index (χ3v) is 1.96. The van der Waals surface area contributed by atoms with Gasteiger partial charge in [-0.2, -0.15) is 0 Å². The van der Waals surface area contributed by atoms with Crippen molar-refractivity contribution < 1.29 is 0 Å². The highest BCUT2D eigenvalue weighted by Gasteiger charge is 1.84. The average Bonchev–Trinajstić information content (AvgIpc) is 2.05. The van der Waals surface area contributed by atoms with Crippen LogP contribution in [0.4, 0.5) is 0 Å². The Kier molecular flexibility index (Phi) is 5.35. The Hall–Kier alpha value is -0.780. The van der Waals surface area contributed by atoms with E-state index in [-0.39, 0.29) is 0 Å². The minimum atomic E-state index is 1.11. The molecule has 0 atom stereocenters. The summed E-state index contributed by atoms with van der Waals surface area (Å²) in [7, 11) is 0. The maximum atomic E-state index is 3.27. The van der Waals surface area contributed by atoms with Gasteiger partial charge < -0.3 is 0 Å². The number of rotatable bonds is 0. The van der Waals surface area contributed by atoms with E-state index in [9.17, 15) is 0 Å². The molecule has 12 heavy (non-hydrogen) atoms. The summed E-state index contributed by atoms with van der Waals surface area (Å²) in [4.78, 5) is 0. The molecule has 0 aromatic heterocycles. The van der Waals surface area contributed by atoms with E-state index in [0.29, 0.717) is 0 Å². The van der Waals surface area contributed by atoms with Crippen LogP contribution < -0.4 is 0 Å². The largest absolute Gasteiger partial charge is 0.0885 e. The SMILES string of the molecule is [C]1=C\C=C\CC/C=C/CCCC/1. The summed E-state index contributed by atoms with van der Waals surface area (Å²) < 4.78 is 0. The first-order chi connectivity index (χ1) is 6.00. The molecule has 0 bridgehead atoms. The minimum Gasteiger partial charge on any atom is -0.0885 e. The molecule has 0 fully saturated rings. The van der Waals surface area contributed by atoms with Gasteiger partial charge in [0.15, 0.2) is 0 Å². The maximum absolute atomic E-state index is 3.27. The van der Waals surface area contributed by atoms with Gasteiger partial charge in [-0.3, -0.25) is 0 Å². The smallest absolute Gasteiger partial charge is 0.0276 e. The van der Waals surface area contributed by atoms with Crippen LogP contribution in [-0.4, -0.2) is 0 Å². The van der Waals surface area contributed by atoms with Gasteiger partial charge in [-0.1, -0.05) is 30.4 Å². The highest BCUT2D eigenvalue weighted by molar-refractivity contribution is 5.00. The first-order valence-electron chi connectivity index (χ1n) is 4.87. The molecule has 0 spiro atoms. The normalized spacial score (nSPS) is 28.0. The van der Waals surface area contributed by atoms with Crippen molar-refractivity contribution in [3.8, 4) is 0 Å². The lowest BCUT2D eigenvalue weighted by molar-refractivity contribution is 0.752. The standard InChI is InChI=1S/C12H17/c1-2-4-6-8-10-12-11-9-7-5-3-1/h1-3,8,10H,4,6-7,9,11-12H2/b2-1+,5-3?,10-8+. The topological polar surface area (TPSA) is 0 Å². The summed E-state index contributed by atoms with van der Waals surface area (Å²) in [6.45, 7) is 0. The summed E-state index contributed by atoms with van der Waals surface area (Å²) in [5.74, 6) is 0. The molecular weight excluding hydrogens is 144 g/mol. The molecule has 1 aliphatic carbocycles. The Bertz CT molecular complexity index is 172. The third kappa shape index (κ3) is 4.95. The van der Waals surface area contributed by atoms with Crippen LogP contribution in [0.15, 0.2) is 30.4 Å². The van der Waals surface area contributed by atoms with E-state index in [1.54, 1.807) is 0 Å². The van der Waals surface area contributed by atoms with Crippen LogP contribution in [0.25, 0.3) is 0 Å². The zero-order valence-electron chi connectivity index (χ0n) is 7.63. The fraction of sp³-hybridized carbons (Fsp3) is 0.500. The second-order valence-electron chi connectivity index (χ2n) is 3.09. The van der Waals surface area contributed by atoms with Crippen molar-refractivity contribution >= 4 is 0 Å². The van der Waals surface area contributed by atoms with Crippen molar-refractivity contribution in [3.63, 3.8) is 0 Å². The molecule has 0 saturated heterocycles. The zero-order chi connectivity index (χ0) is 8.49. The van der Waals surface area contributed by atoms with Crippen LogP contribution in [-0.2, 0) is 0 Å². The molecule has 0 N–H and O–H groups in total. The van der Waals surface area contributed by atoms with Crippen molar-refractivity contribution in [2.45, 2.75) is 38.5 Å².